The SMILES string of the molecule is Fc1cccc(Oc2ncc(Cl)cn2)c1-c1cc(C(F)F)no1. The average molecular weight is 342 g/mol. The fourth-order valence-corrected chi connectivity index (χ4v) is 1.89. The molecule has 23 heavy (non-hydrogen) atoms. The van der Waals surface area contributed by atoms with Gasteiger partial charge < -0.3 is 9.26 Å². The Labute approximate surface area is 132 Å². The maximum Gasteiger partial charge on any atom is 0.321 e. The van der Waals surface area contributed by atoms with Crippen molar-refractivity contribution in [2.45, 2.75) is 6.43 Å². The molecule has 9 heteroatoms. The second-order valence-corrected chi connectivity index (χ2v) is 4.75. The van der Waals surface area contributed by atoms with Crippen molar-refractivity contribution in [3.63, 3.8) is 0 Å². The molecule has 1 aromatic carbocycles. The van der Waals surface area contributed by atoms with E-state index in [2.05, 4.69) is 15.1 Å². The van der Waals surface area contributed by atoms with Crippen LogP contribution >= 0.6 is 11.6 Å². The molecule has 0 spiro atoms. The Kier molecular flexibility index (Phi) is 4.16. The third kappa shape index (κ3) is 3.26. The molecule has 2 aromatic heterocycles. The van der Waals surface area contributed by atoms with E-state index in [0.717, 1.165) is 12.1 Å². The topological polar surface area (TPSA) is 61.0 Å². The summed E-state index contributed by atoms with van der Waals surface area (Å²) >= 11 is 5.66. The standard InChI is InChI=1S/C14H7ClF3N3O2/c15-7-5-19-14(20-6-7)22-10-3-1-2-8(16)12(10)11-4-9(13(17)18)21-23-11/h1-6,13H. The minimum Gasteiger partial charge on any atom is -0.423 e. The second kappa shape index (κ2) is 6.25. The van der Waals surface area contributed by atoms with Crippen molar-refractivity contribution in [2.75, 3.05) is 0 Å². The number of hydrogen-bond acceptors (Lipinski definition) is 5. The van der Waals surface area contributed by atoms with Crippen LogP contribution in [0.1, 0.15) is 12.1 Å². The molecule has 0 amide bonds. The van der Waals surface area contributed by atoms with E-state index in [4.69, 9.17) is 20.9 Å². The average Bonchev–Trinajstić information content (AvgIpc) is 2.99. The van der Waals surface area contributed by atoms with Crippen molar-refractivity contribution < 1.29 is 22.4 Å². The van der Waals surface area contributed by atoms with Gasteiger partial charge in [0, 0.05) is 6.07 Å². The van der Waals surface area contributed by atoms with Crippen LogP contribution in [0.5, 0.6) is 11.8 Å². The van der Waals surface area contributed by atoms with Crippen molar-refractivity contribution in [3.8, 4) is 23.1 Å². The number of alkyl halides is 2. The highest BCUT2D eigenvalue weighted by atomic mass is 35.5. The first-order chi connectivity index (χ1) is 11.0. The first-order valence-corrected chi connectivity index (χ1v) is 6.61. The molecule has 3 aromatic rings. The van der Waals surface area contributed by atoms with Gasteiger partial charge in [-0.2, -0.15) is 0 Å². The number of nitrogens with zero attached hydrogens (tertiary/aromatic N) is 3. The molecule has 0 saturated carbocycles. The molecular formula is C14H7ClF3N3O2. The zero-order valence-corrected chi connectivity index (χ0v) is 12.0. The molecule has 5 nitrogen and oxygen atoms in total. The lowest BCUT2D eigenvalue weighted by Gasteiger charge is -2.08. The normalized spacial score (nSPS) is 11.0. The number of ether oxygens (including phenoxy) is 1. The highest BCUT2D eigenvalue weighted by molar-refractivity contribution is 6.30. The third-order valence-electron chi connectivity index (χ3n) is 2.77. The summed E-state index contributed by atoms with van der Waals surface area (Å²) in [6.07, 6.45) is -0.235. The lowest BCUT2D eigenvalue weighted by Crippen LogP contribution is -1.94. The Morgan fingerprint density at radius 2 is 1.91 bits per heavy atom. The molecule has 0 atom stereocenters. The minimum absolute atomic E-state index is 0.00992. The maximum atomic E-state index is 14.1. The number of benzene rings is 1. The molecule has 2 heterocycles. The fourth-order valence-electron chi connectivity index (χ4n) is 1.79. The summed E-state index contributed by atoms with van der Waals surface area (Å²) in [5.74, 6) is -0.930. The molecule has 0 saturated heterocycles. The second-order valence-electron chi connectivity index (χ2n) is 4.32. The molecule has 0 aliphatic rings. The minimum atomic E-state index is -2.83. The Morgan fingerprint density at radius 3 is 2.57 bits per heavy atom. The van der Waals surface area contributed by atoms with Crippen molar-refractivity contribution in [1.82, 2.24) is 15.1 Å². The number of hydrogen-bond donors (Lipinski definition) is 0. The van der Waals surface area contributed by atoms with Gasteiger partial charge in [0.1, 0.15) is 17.3 Å². The lowest BCUT2D eigenvalue weighted by atomic mass is 10.1. The Bertz CT molecular complexity index is 824. The maximum absolute atomic E-state index is 14.1. The number of rotatable bonds is 4. The Hall–Kier alpha value is -2.61. The van der Waals surface area contributed by atoms with Gasteiger partial charge in [-0.1, -0.05) is 22.8 Å². The van der Waals surface area contributed by atoms with E-state index in [1.54, 1.807) is 0 Å². The van der Waals surface area contributed by atoms with E-state index in [0.29, 0.717) is 5.02 Å². The van der Waals surface area contributed by atoms with Crippen LogP contribution in [0.25, 0.3) is 11.3 Å². The van der Waals surface area contributed by atoms with Gasteiger partial charge in [-0.05, 0) is 12.1 Å². The molecule has 0 unspecified atom stereocenters. The van der Waals surface area contributed by atoms with Gasteiger partial charge in [0.15, 0.2) is 5.76 Å². The van der Waals surface area contributed by atoms with Crippen LogP contribution in [0.15, 0.2) is 41.2 Å². The van der Waals surface area contributed by atoms with Crippen LogP contribution in [0, 0.1) is 5.82 Å². The smallest absolute Gasteiger partial charge is 0.321 e. The summed E-state index contributed by atoms with van der Waals surface area (Å²) in [6, 6.07) is 4.79. The van der Waals surface area contributed by atoms with Gasteiger partial charge in [-0.3, -0.25) is 0 Å². The molecular weight excluding hydrogens is 335 g/mol. The van der Waals surface area contributed by atoms with Crippen molar-refractivity contribution >= 4 is 11.6 Å². The number of aromatic nitrogens is 3. The molecule has 0 bridgehead atoms. The van der Waals surface area contributed by atoms with E-state index >= 15 is 0 Å². The summed E-state index contributed by atoms with van der Waals surface area (Å²) < 4.78 is 49.5. The number of halogens is 4. The highest BCUT2D eigenvalue weighted by Gasteiger charge is 2.21. The quantitative estimate of drug-likeness (QED) is 0.691. The summed E-state index contributed by atoms with van der Waals surface area (Å²) in [4.78, 5) is 7.63. The van der Waals surface area contributed by atoms with Gasteiger partial charge in [0.2, 0.25) is 0 Å². The fraction of sp³-hybridized carbons (Fsp3) is 0.0714. The van der Waals surface area contributed by atoms with E-state index in [9.17, 15) is 13.2 Å². The molecule has 0 N–H and O–H groups in total. The Morgan fingerprint density at radius 1 is 1.17 bits per heavy atom. The zero-order valence-electron chi connectivity index (χ0n) is 11.2. The molecule has 118 valence electrons. The predicted molar refractivity (Wildman–Crippen MR) is 74.0 cm³/mol. The molecule has 0 radical (unpaired) electrons. The van der Waals surface area contributed by atoms with Crippen LogP contribution in [0.4, 0.5) is 13.2 Å². The van der Waals surface area contributed by atoms with Crippen LogP contribution in [-0.4, -0.2) is 15.1 Å². The first kappa shape index (κ1) is 15.3. The molecule has 0 aliphatic carbocycles. The van der Waals surface area contributed by atoms with Crippen molar-refractivity contribution in [2.24, 2.45) is 0 Å². The summed E-state index contributed by atoms with van der Waals surface area (Å²) in [6.45, 7) is 0. The highest BCUT2D eigenvalue weighted by Crippen LogP contribution is 2.36. The van der Waals surface area contributed by atoms with Crippen LogP contribution in [-0.2, 0) is 0 Å². The van der Waals surface area contributed by atoms with E-state index in [1.807, 2.05) is 0 Å². The summed E-state index contributed by atoms with van der Waals surface area (Å²) in [5, 5.41) is 3.50. The van der Waals surface area contributed by atoms with Crippen LogP contribution in [0.2, 0.25) is 5.02 Å². The van der Waals surface area contributed by atoms with Crippen molar-refractivity contribution in [3.05, 3.63) is 53.2 Å². The summed E-state index contributed by atoms with van der Waals surface area (Å²) in [7, 11) is 0. The molecule has 0 fully saturated rings. The van der Waals surface area contributed by atoms with Crippen molar-refractivity contribution in [1.29, 1.82) is 0 Å². The molecule has 3 rings (SSSR count). The van der Waals surface area contributed by atoms with Gasteiger partial charge >= 0.3 is 6.01 Å². The first-order valence-electron chi connectivity index (χ1n) is 6.23. The lowest BCUT2D eigenvalue weighted by molar-refractivity contribution is 0.140. The monoisotopic (exact) mass is 341 g/mol. The van der Waals surface area contributed by atoms with E-state index in [1.165, 1.54) is 24.5 Å². The van der Waals surface area contributed by atoms with Crippen LogP contribution < -0.4 is 4.74 Å². The molecule has 0 aliphatic heterocycles. The Balaban J connectivity index is 2.00. The predicted octanol–water partition coefficient (Wildman–Crippen LogP) is 4.65. The van der Waals surface area contributed by atoms with Gasteiger partial charge in [0.05, 0.1) is 23.0 Å². The largest absolute Gasteiger partial charge is 0.423 e. The van der Waals surface area contributed by atoms with Crippen LogP contribution in [0.3, 0.4) is 0 Å². The van der Waals surface area contributed by atoms with E-state index < -0.39 is 17.9 Å². The van der Waals surface area contributed by atoms with E-state index in [-0.39, 0.29) is 23.1 Å². The zero-order chi connectivity index (χ0) is 16.4. The van der Waals surface area contributed by atoms with Gasteiger partial charge in [-0.25, -0.2) is 23.1 Å². The third-order valence-corrected chi connectivity index (χ3v) is 2.97. The summed E-state index contributed by atoms with van der Waals surface area (Å²) in [5.41, 5.74) is -0.762. The van der Waals surface area contributed by atoms with Gasteiger partial charge in [0.25, 0.3) is 6.43 Å². The van der Waals surface area contributed by atoms with Gasteiger partial charge in [-0.15, -0.1) is 0 Å².